The Labute approximate surface area is 120 Å². The molecule has 1 aromatic heterocycles. The van der Waals surface area contributed by atoms with E-state index in [0.29, 0.717) is 30.4 Å². The van der Waals surface area contributed by atoms with Gasteiger partial charge in [-0.25, -0.2) is 9.18 Å². The summed E-state index contributed by atoms with van der Waals surface area (Å²) in [6, 6.07) is 5.82. The largest absolute Gasteiger partial charge is 0.465 e. The number of halogens is 1. The van der Waals surface area contributed by atoms with Gasteiger partial charge in [-0.2, -0.15) is 4.98 Å². The van der Waals surface area contributed by atoms with Crippen molar-refractivity contribution in [1.29, 1.82) is 0 Å². The summed E-state index contributed by atoms with van der Waals surface area (Å²) in [7, 11) is 0. The van der Waals surface area contributed by atoms with Crippen molar-refractivity contribution in [2.45, 2.75) is 18.8 Å². The molecule has 1 saturated heterocycles. The third-order valence-electron chi connectivity index (χ3n) is 3.59. The maximum atomic E-state index is 12.9. The van der Waals surface area contributed by atoms with Crippen molar-refractivity contribution in [1.82, 2.24) is 15.0 Å². The van der Waals surface area contributed by atoms with E-state index in [9.17, 15) is 9.18 Å². The Bertz CT molecular complexity index is 641. The molecule has 1 fully saturated rings. The van der Waals surface area contributed by atoms with E-state index in [1.165, 1.54) is 17.0 Å². The number of hydrogen-bond acceptors (Lipinski definition) is 4. The van der Waals surface area contributed by atoms with Crippen molar-refractivity contribution in [2.75, 3.05) is 13.1 Å². The number of hydrogen-bond donors (Lipinski definition) is 1. The molecule has 0 aliphatic carbocycles. The molecule has 0 spiro atoms. The lowest BCUT2D eigenvalue weighted by Crippen LogP contribution is -2.38. The second-order valence-corrected chi connectivity index (χ2v) is 5.03. The van der Waals surface area contributed by atoms with Gasteiger partial charge in [0.25, 0.3) is 0 Å². The number of benzene rings is 1. The first-order valence-electron chi connectivity index (χ1n) is 6.71. The van der Waals surface area contributed by atoms with Crippen molar-refractivity contribution in [3.05, 3.63) is 36.0 Å². The summed E-state index contributed by atoms with van der Waals surface area (Å²) in [4.78, 5) is 16.7. The van der Waals surface area contributed by atoms with Gasteiger partial charge in [0.05, 0.1) is 5.92 Å². The molecule has 2 heterocycles. The smallest absolute Gasteiger partial charge is 0.407 e. The molecule has 110 valence electrons. The van der Waals surface area contributed by atoms with Crippen LogP contribution in [0.1, 0.15) is 24.7 Å². The molecular weight excluding hydrogens is 277 g/mol. The summed E-state index contributed by atoms with van der Waals surface area (Å²) in [5.41, 5.74) is 0.664. The third-order valence-corrected chi connectivity index (χ3v) is 3.59. The minimum Gasteiger partial charge on any atom is -0.465 e. The molecule has 3 rings (SSSR count). The van der Waals surface area contributed by atoms with E-state index < -0.39 is 6.09 Å². The molecule has 0 saturated carbocycles. The number of rotatable bonds is 2. The molecule has 0 bridgehead atoms. The van der Waals surface area contributed by atoms with Crippen LogP contribution in [0.5, 0.6) is 0 Å². The van der Waals surface area contributed by atoms with E-state index in [2.05, 4.69) is 10.1 Å². The fourth-order valence-corrected chi connectivity index (χ4v) is 2.47. The predicted octanol–water partition coefficient (Wildman–Crippen LogP) is 2.73. The van der Waals surface area contributed by atoms with Gasteiger partial charge in [-0.3, -0.25) is 0 Å². The van der Waals surface area contributed by atoms with Crippen LogP contribution in [0.15, 0.2) is 28.8 Å². The fraction of sp³-hybridized carbons (Fsp3) is 0.357. The van der Waals surface area contributed by atoms with Gasteiger partial charge in [0.15, 0.2) is 0 Å². The lowest BCUT2D eigenvalue weighted by atomic mass is 9.98. The lowest BCUT2D eigenvalue weighted by molar-refractivity contribution is 0.126. The van der Waals surface area contributed by atoms with Crippen LogP contribution in [0.4, 0.5) is 9.18 Å². The molecular formula is C14H14FN3O3. The lowest BCUT2D eigenvalue weighted by Gasteiger charge is -2.28. The second kappa shape index (κ2) is 5.51. The van der Waals surface area contributed by atoms with Crippen molar-refractivity contribution in [2.24, 2.45) is 0 Å². The summed E-state index contributed by atoms with van der Waals surface area (Å²) in [5, 5.41) is 12.9. The maximum Gasteiger partial charge on any atom is 0.407 e. The van der Waals surface area contributed by atoms with Crippen molar-refractivity contribution < 1.29 is 18.8 Å². The normalized spacial score (nSPS) is 18.7. The quantitative estimate of drug-likeness (QED) is 0.920. The molecule has 6 nitrogen and oxygen atoms in total. The highest BCUT2D eigenvalue weighted by atomic mass is 19.1. The summed E-state index contributed by atoms with van der Waals surface area (Å²) in [5.74, 6) is 0.404. The van der Waals surface area contributed by atoms with Crippen molar-refractivity contribution >= 4 is 6.09 Å². The van der Waals surface area contributed by atoms with Gasteiger partial charge in [0.2, 0.25) is 11.7 Å². The van der Waals surface area contributed by atoms with Crippen LogP contribution < -0.4 is 0 Å². The molecule has 0 unspecified atom stereocenters. The zero-order valence-corrected chi connectivity index (χ0v) is 11.2. The first kappa shape index (κ1) is 13.5. The van der Waals surface area contributed by atoms with Crippen LogP contribution in [0.2, 0.25) is 0 Å². The van der Waals surface area contributed by atoms with Crippen LogP contribution in [0.3, 0.4) is 0 Å². The average molecular weight is 291 g/mol. The molecule has 1 aliphatic rings. The second-order valence-electron chi connectivity index (χ2n) is 5.03. The Morgan fingerprint density at radius 2 is 2.14 bits per heavy atom. The average Bonchev–Trinajstić information content (AvgIpc) is 2.98. The molecule has 21 heavy (non-hydrogen) atoms. The maximum absolute atomic E-state index is 12.9. The monoisotopic (exact) mass is 291 g/mol. The Morgan fingerprint density at radius 3 is 2.86 bits per heavy atom. The minimum absolute atomic E-state index is 0.0865. The van der Waals surface area contributed by atoms with Crippen LogP contribution in [-0.2, 0) is 0 Å². The minimum atomic E-state index is -0.932. The van der Waals surface area contributed by atoms with Gasteiger partial charge in [-0.1, -0.05) is 5.16 Å². The molecule has 1 amide bonds. The van der Waals surface area contributed by atoms with E-state index in [0.717, 1.165) is 12.8 Å². The molecule has 7 heteroatoms. The van der Waals surface area contributed by atoms with Crippen LogP contribution in [0, 0.1) is 5.82 Å². The van der Waals surface area contributed by atoms with Crippen molar-refractivity contribution in [3.63, 3.8) is 0 Å². The first-order chi connectivity index (χ1) is 10.1. The highest BCUT2D eigenvalue weighted by Gasteiger charge is 2.28. The van der Waals surface area contributed by atoms with Gasteiger partial charge in [0, 0.05) is 18.7 Å². The van der Waals surface area contributed by atoms with Gasteiger partial charge in [-0.05, 0) is 37.1 Å². The topological polar surface area (TPSA) is 79.5 Å². The number of carbonyl (C=O) groups is 1. The highest BCUT2D eigenvalue weighted by Crippen LogP contribution is 2.27. The molecule has 1 aromatic carbocycles. The number of aromatic nitrogens is 2. The number of likely N-dealkylation sites (tertiary alicyclic amines) is 1. The molecule has 1 atom stereocenters. The summed E-state index contributed by atoms with van der Waals surface area (Å²) >= 11 is 0. The highest BCUT2D eigenvalue weighted by molar-refractivity contribution is 5.65. The van der Waals surface area contributed by atoms with E-state index >= 15 is 0 Å². The zero-order valence-electron chi connectivity index (χ0n) is 11.2. The first-order valence-corrected chi connectivity index (χ1v) is 6.71. The standard InChI is InChI=1S/C14H14FN3O3/c15-11-5-3-9(4-6-11)12-16-13(21-17-12)10-2-1-7-18(8-10)14(19)20/h3-6,10H,1-2,7-8H2,(H,19,20)/t10-/m1/s1. The Hall–Kier alpha value is -2.44. The zero-order chi connectivity index (χ0) is 14.8. The summed E-state index contributed by atoms with van der Waals surface area (Å²) in [6.45, 7) is 0.894. The number of piperidine rings is 1. The van der Waals surface area contributed by atoms with Crippen LogP contribution in [-0.4, -0.2) is 39.3 Å². The van der Waals surface area contributed by atoms with E-state index in [-0.39, 0.29) is 11.7 Å². The van der Waals surface area contributed by atoms with Crippen LogP contribution >= 0.6 is 0 Å². The summed E-state index contributed by atoms with van der Waals surface area (Å²) < 4.78 is 18.1. The molecule has 1 aliphatic heterocycles. The Morgan fingerprint density at radius 1 is 1.38 bits per heavy atom. The molecule has 2 aromatic rings. The molecule has 1 N–H and O–H groups in total. The number of amides is 1. The fourth-order valence-electron chi connectivity index (χ4n) is 2.47. The van der Waals surface area contributed by atoms with Gasteiger partial charge < -0.3 is 14.5 Å². The predicted molar refractivity (Wildman–Crippen MR) is 71.3 cm³/mol. The van der Waals surface area contributed by atoms with Crippen molar-refractivity contribution in [3.8, 4) is 11.4 Å². The van der Waals surface area contributed by atoms with Crippen LogP contribution in [0.25, 0.3) is 11.4 Å². The number of nitrogens with zero attached hydrogens (tertiary/aromatic N) is 3. The van der Waals surface area contributed by atoms with Gasteiger partial charge >= 0.3 is 6.09 Å². The van der Waals surface area contributed by atoms with E-state index in [4.69, 9.17) is 9.63 Å². The Balaban J connectivity index is 1.78. The van der Waals surface area contributed by atoms with E-state index in [1.54, 1.807) is 12.1 Å². The SMILES string of the molecule is O=C(O)N1CCC[C@@H](c2nc(-c3ccc(F)cc3)no2)C1. The van der Waals surface area contributed by atoms with Gasteiger partial charge in [0.1, 0.15) is 5.82 Å². The van der Waals surface area contributed by atoms with E-state index in [1.807, 2.05) is 0 Å². The summed E-state index contributed by atoms with van der Waals surface area (Å²) in [6.07, 6.45) is 0.651. The molecule has 0 radical (unpaired) electrons. The van der Waals surface area contributed by atoms with Gasteiger partial charge in [-0.15, -0.1) is 0 Å². The Kier molecular flexibility index (Phi) is 3.55. The number of carboxylic acid groups (broad SMARTS) is 1. The third kappa shape index (κ3) is 2.86.